The number of hydrogen-bond donors (Lipinski definition) is 1. The van der Waals surface area contributed by atoms with Gasteiger partial charge in [0.2, 0.25) is 5.91 Å². The third kappa shape index (κ3) is 2.91. The number of piperidine rings is 1. The van der Waals surface area contributed by atoms with Crippen molar-refractivity contribution in [2.24, 2.45) is 0 Å². The third-order valence-electron chi connectivity index (χ3n) is 3.30. The number of rotatable bonds is 4. The molecule has 0 bridgehead atoms. The van der Waals surface area contributed by atoms with Crippen molar-refractivity contribution >= 4 is 11.8 Å². The van der Waals surface area contributed by atoms with Gasteiger partial charge in [0.25, 0.3) is 5.91 Å². The fourth-order valence-corrected chi connectivity index (χ4v) is 2.14. The highest BCUT2D eigenvalue weighted by molar-refractivity contribution is 5.92. The monoisotopic (exact) mass is 249 g/mol. The standard InChI is InChI=1S/C13H19N3O2/c1-15(13(18)11-5-4-7-14-11)9-10-16-8-3-2-6-12(16)17/h4-5,7,14H,2-3,6,8-10H2,1H3. The number of likely N-dealkylation sites (tertiary alicyclic amines) is 1. The summed E-state index contributed by atoms with van der Waals surface area (Å²) in [6, 6.07) is 3.56. The minimum Gasteiger partial charge on any atom is -0.357 e. The Hall–Kier alpha value is -1.78. The third-order valence-corrected chi connectivity index (χ3v) is 3.30. The minimum absolute atomic E-state index is 0.0375. The maximum atomic E-state index is 12.0. The van der Waals surface area contributed by atoms with E-state index >= 15 is 0 Å². The number of amides is 2. The van der Waals surface area contributed by atoms with Crippen molar-refractivity contribution in [1.82, 2.24) is 14.8 Å². The number of hydrogen-bond acceptors (Lipinski definition) is 2. The number of nitrogens with zero attached hydrogens (tertiary/aromatic N) is 2. The summed E-state index contributed by atoms with van der Waals surface area (Å²) < 4.78 is 0. The van der Waals surface area contributed by atoms with E-state index in [9.17, 15) is 9.59 Å². The molecule has 18 heavy (non-hydrogen) atoms. The molecule has 0 radical (unpaired) electrons. The van der Waals surface area contributed by atoms with Crippen molar-refractivity contribution in [2.75, 3.05) is 26.7 Å². The van der Waals surface area contributed by atoms with E-state index in [0.717, 1.165) is 19.4 Å². The Balaban J connectivity index is 1.82. The summed E-state index contributed by atoms with van der Waals surface area (Å²) in [5, 5.41) is 0. The number of aromatic amines is 1. The van der Waals surface area contributed by atoms with E-state index in [-0.39, 0.29) is 11.8 Å². The van der Waals surface area contributed by atoms with Crippen LogP contribution in [0.15, 0.2) is 18.3 Å². The summed E-state index contributed by atoms with van der Waals surface area (Å²) in [6.07, 6.45) is 4.44. The van der Waals surface area contributed by atoms with Crippen LogP contribution in [0.1, 0.15) is 29.8 Å². The molecule has 98 valence electrons. The van der Waals surface area contributed by atoms with Gasteiger partial charge in [-0.2, -0.15) is 0 Å². The molecule has 1 aromatic heterocycles. The van der Waals surface area contributed by atoms with Gasteiger partial charge in [-0.3, -0.25) is 9.59 Å². The van der Waals surface area contributed by atoms with Crippen LogP contribution in [0.5, 0.6) is 0 Å². The Bertz CT molecular complexity index is 414. The molecule has 1 N–H and O–H groups in total. The quantitative estimate of drug-likeness (QED) is 0.868. The van der Waals surface area contributed by atoms with Crippen molar-refractivity contribution in [3.05, 3.63) is 24.0 Å². The van der Waals surface area contributed by atoms with Crippen LogP contribution in [0.4, 0.5) is 0 Å². The fourth-order valence-electron chi connectivity index (χ4n) is 2.14. The van der Waals surface area contributed by atoms with Gasteiger partial charge in [-0.05, 0) is 25.0 Å². The van der Waals surface area contributed by atoms with Gasteiger partial charge in [-0.15, -0.1) is 0 Å². The molecule has 1 aliphatic heterocycles. The Labute approximate surface area is 107 Å². The molecule has 2 heterocycles. The highest BCUT2D eigenvalue weighted by Crippen LogP contribution is 2.10. The number of H-pyrrole nitrogens is 1. The van der Waals surface area contributed by atoms with Gasteiger partial charge in [-0.25, -0.2) is 0 Å². The number of aromatic nitrogens is 1. The predicted octanol–water partition coefficient (Wildman–Crippen LogP) is 1.10. The highest BCUT2D eigenvalue weighted by atomic mass is 16.2. The molecule has 5 nitrogen and oxygen atoms in total. The predicted molar refractivity (Wildman–Crippen MR) is 68.2 cm³/mol. The van der Waals surface area contributed by atoms with E-state index in [0.29, 0.717) is 25.2 Å². The molecule has 5 heteroatoms. The normalized spacial score (nSPS) is 15.8. The first-order valence-corrected chi connectivity index (χ1v) is 6.35. The molecule has 1 saturated heterocycles. The van der Waals surface area contributed by atoms with Crippen molar-refractivity contribution in [3.63, 3.8) is 0 Å². The topological polar surface area (TPSA) is 56.4 Å². The lowest BCUT2D eigenvalue weighted by Crippen LogP contribution is -2.41. The lowest BCUT2D eigenvalue weighted by molar-refractivity contribution is -0.133. The molecule has 0 unspecified atom stereocenters. The maximum Gasteiger partial charge on any atom is 0.270 e. The zero-order chi connectivity index (χ0) is 13.0. The molecule has 1 fully saturated rings. The van der Waals surface area contributed by atoms with Crippen molar-refractivity contribution in [3.8, 4) is 0 Å². The van der Waals surface area contributed by atoms with Crippen LogP contribution >= 0.6 is 0 Å². The van der Waals surface area contributed by atoms with Crippen LogP contribution in [0.2, 0.25) is 0 Å². The zero-order valence-electron chi connectivity index (χ0n) is 10.7. The molecule has 0 aromatic carbocycles. The zero-order valence-corrected chi connectivity index (χ0v) is 10.7. The van der Waals surface area contributed by atoms with Crippen LogP contribution in [0, 0.1) is 0 Å². The Morgan fingerprint density at radius 3 is 3.00 bits per heavy atom. The summed E-state index contributed by atoms with van der Waals surface area (Å²) in [5.41, 5.74) is 0.586. The van der Waals surface area contributed by atoms with Gasteiger partial charge < -0.3 is 14.8 Å². The molecule has 0 atom stereocenters. The average molecular weight is 249 g/mol. The fraction of sp³-hybridized carbons (Fsp3) is 0.538. The lowest BCUT2D eigenvalue weighted by Gasteiger charge is -2.28. The van der Waals surface area contributed by atoms with Gasteiger partial charge >= 0.3 is 0 Å². The summed E-state index contributed by atoms with van der Waals surface area (Å²) in [6.45, 7) is 2.02. The van der Waals surface area contributed by atoms with E-state index in [1.807, 2.05) is 4.90 Å². The SMILES string of the molecule is CN(CCN1CCCCC1=O)C(=O)c1ccc[nH]1. The average Bonchev–Trinajstić information content (AvgIpc) is 2.90. The number of carbonyl (C=O) groups excluding carboxylic acids is 2. The number of nitrogens with one attached hydrogen (secondary N) is 1. The Kier molecular flexibility index (Phi) is 4.02. The molecular weight excluding hydrogens is 230 g/mol. The smallest absolute Gasteiger partial charge is 0.270 e. The summed E-state index contributed by atoms with van der Waals surface area (Å²) in [5.74, 6) is 0.173. The Morgan fingerprint density at radius 2 is 2.33 bits per heavy atom. The van der Waals surface area contributed by atoms with E-state index in [2.05, 4.69) is 4.98 Å². The Morgan fingerprint density at radius 1 is 1.50 bits per heavy atom. The lowest BCUT2D eigenvalue weighted by atomic mass is 10.1. The number of carbonyl (C=O) groups is 2. The summed E-state index contributed by atoms with van der Waals surface area (Å²) >= 11 is 0. The van der Waals surface area contributed by atoms with Gasteiger partial charge in [0, 0.05) is 39.3 Å². The van der Waals surface area contributed by atoms with Crippen LogP contribution in [0.3, 0.4) is 0 Å². The molecule has 0 spiro atoms. The van der Waals surface area contributed by atoms with Gasteiger partial charge in [-0.1, -0.05) is 0 Å². The molecular formula is C13H19N3O2. The van der Waals surface area contributed by atoms with Gasteiger partial charge in [0.1, 0.15) is 5.69 Å². The van der Waals surface area contributed by atoms with Crippen LogP contribution in [-0.2, 0) is 4.79 Å². The maximum absolute atomic E-state index is 12.0. The van der Waals surface area contributed by atoms with Gasteiger partial charge in [0.15, 0.2) is 0 Å². The first kappa shape index (κ1) is 12.7. The number of likely N-dealkylation sites (N-methyl/N-ethyl adjacent to an activating group) is 1. The molecule has 2 amide bonds. The van der Waals surface area contributed by atoms with Crippen LogP contribution < -0.4 is 0 Å². The summed E-state index contributed by atoms with van der Waals surface area (Å²) in [7, 11) is 1.76. The molecule has 0 aliphatic carbocycles. The first-order valence-electron chi connectivity index (χ1n) is 6.35. The second-order valence-electron chi connectivity index (χ2n) is 4.65. The van der Waals surface area contributed by atoms with E-state index in [4.69, 9.17) is 0 Å². The van der Waals surface area contributed by atoms with Crippen molar-refractivity contribution in [2.45, 2.75) is 19.3 Å². The second-order valence-corrected chi connectivity index (χ2v) is 4.65. The van der Waals surface area contributed by atoms with E-state index < -0.39 is 0 Å². The van der Waals surface area contributed by atoms with E-state index in [1.54, 1.807) is 30.3 Å². The largest absolute Gasteiger partial charge is 0.357 e. The first-order chi connectivity index (χ1) is 8.68. The van der Waals surface area contributed by atoms with Crippen molar-refractivity contribution in [1.29, 1.82) is 0 Å². The minimum atomic E-state index is -0.0375. The summed E-state index contributed by atoms with van der Waals surface area (Å²) in [4.78, 5) is 30.0. The molecule has 0 saturated carbocycles. The molecule has 1 aliphatic rings. The van der Waals surface area contributed by atoms with Crippen molar-refractivity contribution < 1.29 is 9.59 Å². The van der Waals surface area contributed by atoms with Gasteiger partial charge in [0.05, 0.1) is 0 Å². The highest BCUT2D eigenvalue weighted by Gasteiger charge is 2.19. The molecule has 1 aromatic rings. The van der Waals surface area contributed by atoms with Crippen LogP contribution in [-0.4, -0.2) is 53.3 Å². The van der Waals surface area contributed by atoms with Crippen LogP contribution in [0.25, 0.3) is 0 Å². The van der Waals surface area contributed by atoms with E-state index in [1.165, 1.54) is 0 Å². The second kappa shape index (κ2) is 5.71. The molecule has 2 rings (SSSR count).